The van der Waals surface area contributed by atoms with Gasteiger partial charge in [-0.3, -0.25) is 9.59 Å². The van der Waals surface area contributed by atoms with Gasteiger partial charge in [-0.15, -0.1) is 0 Å². The molecule has 0 aromatic heterocycles. The van der Waals surface area contributed by atoms with Crippen LogP contribution in [0.4, 0.5) is 0 Å². The Bertz CT molecular complexity index is 634. The predicted molar refractivity (Wildman–Crippen MR) is 90.6 cm³/mol. The second-order valence-corrected chi connectivity index (χ2v) is 7.12. The fourth-order valence-electron chi connectivity index (χ4n) is 4.30. The summed E-state index contributed by atoms with van der Waals surface area (Å²) in [5.74, 6) is -0.674. The van der Waals surface area contributed by atoms with Crippen molar-refractivity contribution in [2.45, 2.75) is 52.0 Å². The summed E-state index contributed by atoms with van der Waals surface area (Å²) in [6.45, 7) is 10.9. The molecule has 0 aliphatic carbocycles. The lowest BCUT2D eigenvalue weighted by molar-refractivity contribution is -0.126. The summed E-state index contributed by atoms with van der Waals surface area (Å²) in [7, 11) is 0. The quantitative estimate of drug-likeness (QED) is 0.852. The van der Waals surface area contributed by atoms with Crippen LogP contribution in [0.25, 0.3) is 0 Å². The Morgan fingerprint density at radius 2 is 1.70 bits per heavy atom. The summed E-state index contributed by atoms with van der Waals surface area (Å²) >= 11 is 0. The van der Waals surface area contributed by atoms with Crippen molar-refractivity contribution in [2.24, 2.45) is 0 Å². The fraction of sp³-hybridized carbons (Fsp3) is 0.579. The lowest BCUT2D eigenvalue weighted by Gasteiger charge is -2.37. The lowest BCUT2D eigenvalue weighted by atomic mass is 9.78. The molecule has 2 saturated heterocycles. The number of likely N-dealkylation sites (tertiary alicyclic amines) is 1. The molecule has 2 heterocycles. The topological polar surface area (TPSA) is 49.4 Å². The van der Waals surface area contributed by atoms with E-state index in [-0.39, 0.29) is 11.7 Å². The van der Waals surface area contributed by atoms with E-state index >= 15 is 0 Å². The van der Waals surface area contributed by atoms with Gasteiger partial charge in [0.05, 0.1) is 0 Å². The first-order valence-corrected chi connectivity index (χ1v) is 8.54. The molecule has 124 valence electrons. The van der Waals surface area contributed by atoms with Gasteiger partial charge in [0.15, 0.2) is 5.78 Å². The van der Waals surface area contributed by atoms with Gasteiger partial charge < -0.3 is 10.2 Å². The van der Waals surface area contributed by atoms with E-state index in [1.807, 2.05) is 20.8 Å². The molecule has 3 rings (SSSR count). The third-order valence-electron chi connectivity index (χ3n) is 5.54. The third-order valence-corrected chi connectivity index (χ3v) is 5.54. The van der Waals surface area contributed by atoms with E-state index in [1.54, 1.807) is 0 Å². The number of amides is 1. The van der Waals surface area contributed by atoms with Gasteiger partial charge in [-0.25, -0.2) is 0 Å². The number of ketones is 1. The minimum Gasteiger partial charge on any atom is -0.343 e. The zero-order valence-electron chi connectivity index (χ0n) is 14.5. The molecule has 2 fully saturated rings. The number of nitrogens with zero attached hydrogens (tertiary/aromatic N) is 1. The average molecular weight is 314 g/mol. The molecule has 1 aromatic carbocycles. The standard InChI is InChI=1S/C19H26N2O2/c1-5-21-8-6-19(7-9-21)17(22)16(18(23)20-19)15-13(3)10-12(2)11-14(15)4/h10-11,16H,5-9H2,1-4H3,(H,20,23). The van der Waals surface area contributed by atoms with Crippen LogP contribution in [-0.4, -0.2) is 41.8 Å². The zero-order chi connectivity index (χ0) is 16.8. The Morgan fingerprint density at radius 3 is 2.22 bits per heavy atom. The number of piperidine rings is 1. The maximum absolute atomic E-state index is 13.2. The Morgan fingerprint density at radius 1 is 1.13 bits per heavy atom. The maximum Gasteiger partial charge on any atom is 0.235 e. The Balaban J connectivity index is 1.94. The summed E-state index contributed by atoms with van der Waals surface area (Å²) in [4.78, 5) is 28.2. The van der Waals surface area contributed by atoms with Crippen molar-refractivity contribution < 1.29 is 9.59 Å². The van der Waals surface area contributed by atoms with Gasteiger partial charge in [-0.1, -0.05) is 24.6 Å². The summed E-state index contributed by atoms with van der Waals surface area (Å²) in [5.41, 5.74) is 3.52. The first-order valence-electron chi connectivity index (χ1n) is 8.54. The van der Waals surface area contributed by atoms with Gasteiger partial charge in [0.2, 0.25) is 5.91 Å². The van der Waals surface area contributed by atoms with Crippen LogP contribution in [0, 0.1) is 20.8 Å². The van der Waals surface area contributed by atoms with E-state index in [1.165, 1.54) is 5.56 Å². The highest BCUT2D eigenvalue weighted by atomic mass is 16.2. The second-order valence-electron chi connectivity index (χ2n) is 7.12. The number of nitrogens with one attached hydrogen (secondary N) is 1. The van der Waals surface area contributed by atoms with Crippen molar-refractivity contribution in [1.29, 1.82) is 0 Å². The molecule has 0 radical (unpaired) electrons. The molecule has 0 saturated carbocycles. The molecule has 0 bridgehead atoms. The number of carbonyl (C=O) groups excluding carboxylic acids is 2. The molecule has 2 aliphatic rings. The molecule has 1 N–H and O–H groups in total. The van der Waals surface area contributed by atoms with Crippen molar-refractivity contribution in [3.63, 3.8) is 0 Å². The van der Waals surface area contributed by atoms with Crippen LogP contribution in [0.1, 0.15) is 47.9 Å². The first kappa shape index (κ1) is 16.2. The number of rotatable bonds is 2. The molecule has 1 aromatic rings. The summed E-state index contributed by atoms with van der Waals surface area (Å²) < 4.78 is 0. The lowest BCUT2D eigenvalue weighted by Crippen LogP contribution is -2.54. The molecular formula is C19H26N2O2. The summed E-state index contributed by atoms with van der Waals surface area (Å²) in [6.07, 6.45) is 1.46. The molecule has 1 spiro atoms. The van der Waals surface area contributed by atoms with Gasteiger partial charge in [0.25, 0.3) is 0 Å². The Kier molecular flexibility index (Phi) is 4.05. The number of benzene rings is 1. The van der Waals surface area contributed by atoms with Gasteiger partial charge >= 0.3 is 0 Å². The smallest absolute Gasteiger partial charge is 0.235 e. The maximum atomic E-state index is 13.2. The van der Waals surface area contributed by atoms with Crippen LogP contribution in [0.15, 0.2) is 12.1 Å². The van der Waals surface area contributed by atoms with Crippen molar-refractivity contribution in [3.05, 3.63) is 34.4 Å². The molecule has 4 nitrogen and oxygen atoms in total. The van der Waals surface area contributed by atoms with Gasteiger partial charge in [-0.05, 0) is 56.8 Å². The number of hydrogen-bond donors (Lipinski definition) is 1. The second kappa shape index (κ2) is 5.75. The van der Waals surface area contributed by atoms with E-state index < -0.39 is 11.5 Å². The highest BCUT2D eigenvalue weighted by Crippen LogP contribution is 2.38. The molecule has 4 heteroatoms. The van der Waals surface area contributed by atoms with Crippen molar-refractivity contribution in [3.8, 4) is 0 Å². The van der Waals surface area contributed by atoms with Gasteiger partial charge in [0.1, 0.15) is 11.5 Å². The third kappa shape index (κ3) is 2.59. The molecule has 1 atom stereocenters. The van der Waals surface area contributed by atoms with Crippen LogP contribution < -0.4 is 5.32 Å². The van der Waals surface area contributed by atoms with Crippen LogP contribution >= 0.6 is 0 Å². The minimum absolute atomic E-state index is 0.0771. The van der Waals surface area contributed by atoms with E-state index in [0.29, 0.717) is 0 Å². The summed E-state index contributed by atoms with van der Waals surface area (Å²) in [5, 5.41) is 3.07. The molecule has 1 unspecified atom stereocenters. The number of aryl methyl sites for hydroxylation is 3. The summed E-state index contributed by atoms with van der Waals surface area (Å²) in [6, 6.07) is 4.13. The largest absolute Gasteiger partial charge is 0.343 e. The van der Waals surface area contributed by atoms with E-state index in [0.717, 1.165) is 49.2 Å². The monoisotopic (exact) mass is 314 g/mol. The number of hydrogen-bond acceptors (Lipinski definition) is 3. The Hall–Kier alpha value is -1.68. The normalized spacial score (nSPS) is 24.3. The van der Waals surface area contributed by atoms with Crippen LogP contribution in [-0.2, 0) is 9.59 Å². The van der Waals surface area contributed by atoms with Crippen LogP contribution in [0.3, 0.4) is 0 Å². The average Bonchev–Trinajstić information content (AvgIpc) is 2.72. The van der Waals surface area contributed by atoms with E-state index in [4.69, 9.17) is 0 Å². The van der Waals surface area contributed by atoms with Crippen molar-refractivity contribution >= 4 is 11.7 Å². The number of carbonyl (C=O) groups is 2. The van der Waals surface area contributed by atoms with Crippen molar-refractivity contribution in [1.82, 2.24) is 10.2 Å². The molecule has 2 aliphatic heterocycles. The Labute approximate surface area is 138 Å². The van der Waals surface area contributed by atoms with Crippen molar-refractivity contribution in [2.75, 3.05) is 19.6 Å². The number of Topliss-reactive ketones (excluding diaryl/α,β-unsaturated/α-hetero) is 1. The highest BCUT2D eigenvalue weighted by molar-refractivity contribution is 6.17. The molecule has 23 heavy (non-hydrogen) atoms. The predicted octanol–water partition coefficient (Wildman–Crippen LogP) is 2.25. The molecule has 1 amide bonds. The SMILES string of the molecule is CCN1CCC2(CC1)NC(=O)C(c1c(C)cc(C)cc1C)C2=O. The fourth-order valence-corrected chi connectivity index (χ4v) is 4.30. The highest BCUT2D eigenvalue weighted by Gasteiger charge is 2.54. The first-order chi connectivity index (χ1) is 10.9. The van der Waals surface area contributed by atoms with Gasteiger partial charge in [-0.2, -0.15) is 0 Å². The molecular weight excluding hydrogens is 288 g/mol. The van der Waals surface area contributed by atoms with Crippen LogP contribution in [0.2, 0.25) is 0 Å². The minimum atomic E-state index is -0.642. The van der Waals surface area contributed by atoms with E-state index in [2.05, 4.69) is 29.3 Å². The van der Waals surface area contributed by atoms with E-state index in [9.17, 15) is 9.59 Å². The van der Waals surface area contributed by atoms with Gasteiger partial charge in [0, 0.05) is 13.1 Å². The zero-order valence-corrected chi connectivity index (χ0v) is 14.5. The van der Waals surface area contributed by atoms with Crippen LogP contribution in [0.5, 0.6) is 0 Å².